The van der Waals surface area contributed by atoms with Gasteiger partial charge in [-0.25, -0.2) is 23.2 Å². The van der Waals surface area contributed by atoms with Crippen molar-refractivity contribution in [1.29, 1.82) is 0 Å². The van der Waals surface area contributed by atoms with Gasteiger partial charge in [-0.3, -0.25) is 4.72 Å². The Kier molecular flexibility index (Phi) is 9.70. The normalized spacial score (nSPS) is 11.7. The Hall–Kier alpha value is -3.83. The first-order valence-corrected chi connectivity index (χ1v) is 13.3. The summed E-state index contributed by atoms with van der Waals surface area (Å²) in [4.78, 5) is 20.6. The third-order valence-corrected chi connectivity index (χ3v) is 6.58. The number of amides is 1. The molecule has 0 unspecified atom stereocenters. The molecule has 3 rings (SSSR count). The predicted molar refractivity (Wildman–Crippen MR) is 145 cm³/mol. The second-order valence-electron chi connectivity index (χ2n) is 8.06. The fourth-order valence-electron chi connectivity index (χ4n) is 3.31. The second kappa shape index (κ2) is 12.9. The van der Waals surface area contributed by atoms with E-state index in [1.807, 2.05) is 4.57 Å². The first-order valence-electron chi connectivity index (χ1n) is 11.4. The van der Waals surface area contributed by atoms with E-state index in [2.05, 4.69) is 26.6 Å². The first kappa shape index (κ1) is 27.8. The number of sulfonamides is 1. The van der Waals surface area contributed by atoms with Gasteiger partial charge in [0, 0.05) is 18.8 Å². The number of ether oxygens (including phenoxy) is 1. The molecule has 0 saturated carbocycles. The molecule has 1 amide bonds. The lowest BCUT2D eigenvalue weighted by Gasteiger charge is -2.10. The van der Waals surface area contributed by atoms with Gasteiger partial charge in [0.15, 0.2) is 5.82 Å². The van der Waals surface area contributed by atoms with Gasteiger partial charge in [0.25, 0.3) is 10.0 Å². The molecule has 10 nitrogen and oxygen atoms in total. The Morgan fingerprint density at radius 2 is 1.86 bits per heavy atom. The first-order chi connectivity index (χ1) is 17.7. The zero-order valence-corrected chi connectivity index (χ0v) is 21.9. The van der Waals surface area contributed by atoms with Crippen molar-refractivity contribution < 1.29 is 17.9 Å². The predicted octanol–water partition coefficient (Wildman–Crippen LogP) is 4.61. The van der Waals surface area contributed by atoms with Crippen LogP contribution in [0.1, 0.15) is 31.0 Å². The lowest BCUT2D eigenvalue weighted by Crippen LogP contribution is -2.24. The van der Waals surface area contributed by atoms with Crippen LogP contribution in [0.2, 0.25) is 0 Å². The van der Waals surface area contributed by atoms with Crippen LogP contribution in [0.3, 0.4) is 0 Å². The summed E-state index contributed by atoms with van der Waals surface area (Å²) in [6, 6.07) is 14.9. The molecule has 3 aromatic rings. The zero-order chi connectivity index (χ0) is 26.8. The number of nitrogens with one attached hydrogen (secondary N) is 2. The number of hydrogen-bond donors (Lipinski definition) is 3. The smallest absolute Gasteiger partial charge is 0.407 e. The van der Waals surface area contributed by atoms with Crippen molar-refractivity contribution in [3.05, 3.63) is 78.8 Å². The van der Waals surface area contributed by atoms with Crippen LogP contribution < -0.4 is 15.8 Å². The number of aryl methyl sites for hydroxylation is 1. The molecule has 0 aliphatic rings. The highest BCUT2D eigenvalue weighted by atomic mass is 35.5. The summed E-state index contributed by atoms with van der Waals surface area (Å²) >= 11 is 5.91. The molecule has 12 heteroatoms. The van der Waals surface area contributed by atoms with Gasteiger partial charge < -0.3 is 20.4 Å². The lowest BCUT2D eigenvalue weighted by molar-refractivity contribution is 0.143. The molecule has 196 valence electrons. The van der Waals surface area contributed by atoms with Crippen LogP contribution in [0, 0.1) is 0 Å². The number of anilines is 1. The van der Waals surface area contributed by atoms with Crippen molar-refractivity contribution in [2.45, 2.75) is 37.8 Å². The van der Waals surface area contributed by atoms with E-state index < -0.39 is 16.1 Å². The minimum atomic E-state index is -3.70. The highest BCUT2D eigenvalue weighted by molar-refractivity contribution is 7.92. The average molecular weight is 545 g/mol. The highest BCUT2D eigenvalue weighted by Crippen LogP contribution is 2.23. The van der Waals surface area contributed by atoms with Gasteiger partial charge in [-0.1, -0.05) is 48.5 Å². The molecule has 37 heavy (non-hydrogen) atoms. The number of aliphatic imine (C=N–C) groups is 1. The molecule has 4 N–H and O–H groups in total. The summed E-state index contributed by atoms with van der Waals surface area (Å²) in [6.45, 7) is 6.38. The SMILES string of the molecule is C=C(N)c1ncn(CCCCOC(=O)NCc2ccc(S(=O)(=O)Nc3ccccc3)cc2)c1/N=C(\C)Cl. The molecular formula is C25H29ClN6O4S. The summed E-state index contributed by atoms with van der Waals surface area (Å²) in [5, 5.41) is 3.01. The van der Waals surface area contributed by atoms with Crippen LogP contribution in [0.15, 0.2) is 77.4 Å². The fourth-order valence-corrected chi connectivity index (χ4v) is 4.45. The minimum Gasteiger partial charge on any atom is -0.450 e. The maximum absolute atomic E-state index is 12.5. The number of imidazole rings is 1. The standard InChI is InChI=1S/C25H29ClN6O4S/c1-18(27)23-24(30-19(2)26)32(17-29-23)14-6-7-15-36-25(33)28-16-20-10-12-22(13-11-20)37(34,35)31-21-8-4-3-5-9-21/h3-5,8-13,17,31H,1,6-7,14-16,27H2,2H3,(H,28,33)/b30-19+. The average Bonchev–Trinajstić information content (AvgIpc) is 3.25. The molecule has 0 aliphatic carbocycles. The number of halogens is 1. The zero-order valence-electron chi connectivity index (χ0n) is 20.4. The van der Waals surface area contributed by atoms with Gasteiger partial charge in [-0.2, -0.15) is 0 Å². The van der Waals surface area contributed by atoms with Crippen molar-refractivity contribution in [3.8, 4) is 0 Å². The van der Waals surface area contributed by atoms with Crippen molar-refractivity contribution in [2.75, 3.05) is 11.3 Å². The van der Waals surface area contributed by atoms with E-state index >= 15 is 0 Å². The number of hydrogen-bond acceptors (Lipinski definition) is 7. The molecule has 1 aromatic heterocycles. The number of carbonyl (C=O) groups excluding carboxylic acids is 1. The van der Waals surface area contributed by atoms with E-state index in [9.17, 15) is 13.2 Å². The molecule has 0 spiro atoms. The molecule has 0 aliphatic heterocycles. The Morgan fingerprint density at radius 1 is 1.16 bits per heavy atom. The summed E-state index contributed by atoms with van der Waals surface area (Å²) in [7, 11) is -3.70. The Labute approximate surface area is 221 Å². The van der Waals surface area contributed by atoms with E-state index in [0.29, 0.717) is 47.5 Å². The minimum absolute atomic E-state index is 0.124. The largest absolute Gasteiger partial charge is 0.450 e. The van der Waals surface area contributed by atoms with Gasteiger partial charge in [-0.05, 0) is 49.6 Å². The van der Waals surface area contributed by atoms with Crippen LogP contribution in [0.25, 0.3) is 5.70 Å². The second-order valence-corrected chi connectivity index (χ2v) is 10.3. The van der Waals surface area contributed by atoms with Crippen molar-refractivity contribution in [3.63, 3.8) is 0 Å². The Morgan fingerprint density at radius 3 is 2.51 bits per heavy atom. The number of benzene rings is 2. The lowest BCUT2D eigenvalue weighted by atomic mass is 10.2. The molecule has 0 radical (unpaired) electrons. The molecule has 2 aromatic carbocycles. The van der Waals surface area contributed by atoms with Crippen LogP contribution in [-0.4, -0.2) is 35.8 Å². The number of unbranched alkanes of at least 4 members (excludes halogenated alkanes) is 1. The molecular weight excluding hydrogens is 516 g/mol. The summed E-state index contributed by atoms with van der Waals surface area (Å²) in [5.41, 5.74) is 7.75. The van der Waals surface area contributed by atoms with Gasteiger partial charge >= 0.3 is 6.09 Å². The number of alkyl carbamates (subject to hydrolysis) is 1. The number of para-hydroxylation sites is 1. The highest BCUT2D eigenvalue weighted by Gasteiger charge is 2.14. The number of nitrogens with zero attached hydrogens (tertiary/aromatic N) is 3. The van der Waals surface area contributed by atoms with Gasteiger partial charge in [0.05, 0.1) is 23.5 Å². The van der Waals surface area contributed by atoms with Crippen molar-refractivity contribution >= 4 is 50.1 Å². The molecule has 0 saturated heterocycles. The summed E-state index contributed by atoms with van der Waals surface area (Å²) in [6.07, 6.45) is 2.38. The van der Waals surface area contributed by atoms with E-state index in [1.54, 1.807) is 55.7 Å². The van der Waals surface area contributed by atoms with Crippen molar-refractivity contribution in [2.24, 2.45) is 10.7 Å². The van der Waals surface area contributed by atoms with E-state index in [1.165, 1.54) is 12.1 Å². The van der Waals surface area contributed by atoms with E-state index in [-0.39, 0.29) is 18.0 Å². The summed E-state index contributed by atoms with van der Waals surface area (Å²) in [5.74, 6) is 0.535. The molecule has 0 fully saturated rings. The monoisotopic (exact) mass is 544 g/mol. The van der Waals surface area contributed by atoms with E-state index in [4.69, 9.17) is 22.1 Å². The van der Waals surface area contributed by atoms with Crippen LogP contribution in [-0.2, 0) is 27.8 Å². The van der Waals surface area contributed by atoms with Crippen LogP contribution in [0.5, 0.6) is 0 Å². The van der Waals surface area contributed by atoms with Crippen LogP contribution in [0.4, 0.5) is 16.3 Å². The third kappa shape index (κ3) is 8.36. The number of aromatic nitrogens is 2. The molecule has 0 atom stereocenters. The molecule has 1 heterocycles. The topological polar surface area (TPSA) is 141 Å². The fraction of sp³-hybridized carbons (Fsp3) is 0.240. The van der Waals surface area contributed by atoms with Crippen LogP contribution >= 0.6 is 11.6 Å². The number of rotatable bonds is 12. The number of carbonyl (C=O) groups is 1. The third-order valence-electron chi connectivity index (χ3n) is 5.10. The van der Waals surface area contributed by atoms with Gasteiger partial charge in [-0.15, -0.1) is 0 Å². The quantitative estimate of drug-likeness (QED) is 0.224. The van der Waals surface area contributed by atoms with E-state index in [0.717, 1.165) is 5.56 Å². The Bertz CT molecular complexity index is 1350. The Balaban J connectivity index is 1.40. The maximum Gasteiger partial charge on any atom is 0.407 e. The maximum atomic E-state index is 12.5. The summed E-state index contributed by atoms with van der Waals surface area (Å²) < 4.78 is 34.6. The van der Waals surface area contributed by atoms with Gasteiger partial charge in [0.2, 0.25) is 0 Å². The van der Waals surface area contributed by atoms with Crippen molar-refractivity contribution in [1.82, 2.24) is 14.9 Å². The number of nitrogens with two attached hydrogens (primary N) is 1. The molecule has 0 bridgehead atoms. The van der Waals surface area contributed by atoms with Gasteiger partial charge in [0.1, 0.15) is 10.9 Å².